The fraction of sp³-hybridized carbons (Fsp3) is 1.00. The molecule has 2 fully saturated rings. The quantitative estimate of drug-likeness (QED) is 0.453. The maximum atomic E-state index is 3.54. The highest BCUT2D eigenvalue weighted by Crippen LogP contribution is 2.03. The number of nitrogens with one attached hydrogen (secondary N) is 4. The Morgan fingerprint density at radius 1 is 0.824 bits per heavy atom. The second kappa shape index (κ2) is 8.03. The lowest BCUT2D eigenvalue weighted by molar-refractivity contribution is 0.500. The van der Waals surface area contributed by atoms with Gasteiger partial charge in [-0.15, -0.1) is 0 Å². The van der Waals surface area contributed by atoms with Gasteiger partial charge in [0.1, 0.15) is 0 Å². The SMILES string of the molecule is C(CNCC1CCCN1)CNC[C@@H]1CCCN1. The molecule has 4 nitrogen and oxygen atoms in total. The Kier molecular flexibility index (Phi) is 6.27. The highest BCUT2D eigenvalue weighted by Gasteiger charge is 2.13. The predicted molar refractivity (Wildman–Crippen MR) is 72.4 cm³/mol. The van der Waals surface area contributed by atoms with E-state index in [1.54, 1.807) is 0 Å². The van der Waals surface area contributed by atoms with Gasteiger partial charge in [0, 0.05) is 25.2 Å². The average molecular weight is 240 g/mol. The minimum absolute atomic E-state index is 0.727. The topological polar surface area (TPSA) is 48.1 Å². The van der Waals surface area contributed by atoms with Gasteiger partial charge in [-0.25, -0.2) is 0 Å². The van der Waals surface area contributed by atoms with Crippen LogP contribution in [-0.2, 0) is 0 Å². The van der Waals surface area contributed by atoms with Crippen molar-refractivity contribution in [1.29, 1.82) is 0 Å². The van der Waals surface area contributed by atoms with Gasteiger partial charge >= 0.3 is 0 Å². The minimum Gasteiger partial charge on any atom is -0.315 e. The summed E-state index contributed by atoms with van der Waals surface area (Å²) in [6.07, 6.45) is 6.63. The summed E-state index contributed by atoms with van der Waals surface area (Å²) in [5.41, 5.74) is 0. The molecule has 0 radical (unpaired) electrons. The molecular weight excluding hydrogens is 212 g/mol. The van der Waals surface area contributed by atoms with E-state index in [2.05, 4.69) is 21.3 Å². The molecule has 2 aliphatic heterocycles. The summed E-state index contributed by atoms with van der Waals surface area (Å²) in [6, 6.07) is 1.45. The maximum Gasteiger partial charge on any atom is 0.0192 e. The summed E-state index contributed by atoms with van der Waals surface area (Å²) in [4.78, 5) is 0. The Morgan fingerprint density at radius 3 is 1.76 bits per heavy atom. The molecule has 1 unspecified atom stereocenters. The molecule has 0 aromatic rings. The molecular formula is C13H28N4. The van der Waals surface area contributed by atoms with Gasteiger partial charge in [0.15, 0.2) is 0 Å². The lowest BCUT2D eigenvalue weighted by Crippen LogP contribution is -2.37. The zero-order chi connectivity index (χ0) is 11.8. The van der Waals surface area contributed by atoms with Crippen LogP contribution < -0.4 is 21.3 Å². The first kappa shape index (κ1) is 13.3. The van der Waals surface area contributed by atoms with Crippen LogP contribution in [0.1, 0.15) is 32.1 Å². The Morgan fingerprint density at radius 2 is 1.35 bits per heavy atom. The van der Waals surface area contributed by atoms with E-state index in [0.29, 0.717) is 0 Å². The fourth-order valence-corrected chi connectivity index (χ4v) is 2.75. The minimum atomic E-state index is 0.727. The lowest BCUT2D eigenvalue weighted by atomic mass is 10.2. The van der Waals surface area contributed by atoms with E-state index in [1.165, 1.54) is 45.2 Å². The predicted octanol–water partition coefficient (Wildman–Crippen LogP) is 0.0597. The average Bonchev–Trinajstić information content (AvgIpc) is 3.00. The first-order valence-electron chi connectivity index (χ1n) is 7.33. The largest absolute Gasteiger partial charge is 0.315 e. The van der Waals surface area contributed by atoms with E-state index in [0.717, 1.165) is 38.3 Å². The molecule has 0 aromatic carbocycles. The molecule has 4 heteroatoms. The molecule has 100 valence electrons. The standard InChI is InChI=1S/C13H28N4/c1-4-12(16-8-1)10-14-6-3-7-15-11-13-5-2-9-17-13/h12-17H,1-11H2/t12-,13?/m0/s1. The molecule has 0 bridgehead atoms. The highest BCUT2D eigenvalue weighted by molar-refractivity contribution is 4.77. The Labute approximate surface area is 105 Å². The molecule has 4 N–H and O–H groups in total. The van der Waals surface area contributed by atoms with Gasteiger partial charge in [-0.1, -0.05) is 0 Å². The van der Waals surface area contributed by atoms with Gasteiger partial charge in [-0.05, 0) is 58.3 Å². The number of rotatable bonds is 8. The van der Waals surface area contributed by atoms with Crippen molar-refractivity contribution >= 4 is 0 Å². The van der Waals surface area contributed by atoms with E-state index in [9.17, 15) is 0 Å². The third-order valence-electron chi connectivity index (χ3n) is 3.81. The van der Waals surface area contributed by atoms with Crippen LogP contribution in [0.25, 0.3) is 0 Å². The maximum absolute atomic E-state index is 3.54. The molecule has 2 atom stereocenters. The van der Waals surface area contributed by atoms with Crippen LogP contribution in [0, 0.1) is 0 Å². The Hall–Kier alpha value is -0.160. The number of hydrogen-bond donors (Lipinski definition) is 4. The summed E-state index contributed by atoms with van der Waals surface area (Å²) in [7, 11) is 0. The van der Waals surface area contributed by atoms with E-state index >= 15 is 0 Å². The first-order chi connectivity index (χ1) is 8.45. The molecule has 2 heterocycles. The zero-order valence-electron chi connectivity index (χ0n) is 10.9. The summed E-state index contributed by atoms with van der Waals surface area (Å²) in [5, 5.41) is 14.1. The normalized spacial score (nSPS) is 28.9. The summed E-state index contributed by atoms with van der Waals surface area (Å²) >= 11 is 0. The van der Waals surface area contributed by atoms with Gasteiger partial charge in [0.2, 0.25) is 0 Å². The van der Waals surface area contributed by atoms with Gasteiger partial charge < -0.3 is 21.3 Å². The van der Waals surface area contributed by atoms with Crippen molar-refractivity contribution in [2.45, 2.75) is 44.2 Å². The van der Waals surface area contributed by atoms with E-state index in [-0.39, 0.29) is 0 Å². The smallest absolute Gasteiger partial charge is 0.0192 e. The zero-order valence-corrected chi connectivity index (χ0v) is 10.9. The molecule has 0 aromatic heterocycles. The van der Waals surface area contributed by atoms with Crippen LogP contribution in [0.5, 0.6) is 0 Å². The van der Waals surface area contributed by atoms with Gasteiger partial charge in [-0.3, -0.25) is 0 Å². The van der Waals surface area contributed by atoms with Crippen molar-refractivity contribution < 1.29 is 0 Å². The summed E-state index contributed by atoms with van der Waals surface area (Å²) in [6.45, 7) is 6.99. The molecule has 0 spiro atoms. The van der Waals surface area contributed by atoms with Crippen LogP contribution in [-0.4, -0.2) is 51.4 Å². The van der Waals surface area contributed by atoms with Crippen LogP contribution in [0.15, 0.2) is 0 Å². The molecule has 17 heavy (non-hydrogen) atoms. The molecule has 0 saturated carbocycles. The second-order valence-corrected chi connectivity index (χ2v) is 5.35. The summed E-state index contributed by atoms with van der Waals surface area (Å²) < 4.78 is 0. The van der Waals surface area contributed by atoms with E-state index in [1.807, 2.05) is 0 Å². The van der Waals surface area contributed by atoms with Crippen molar-refractivity contribution in [2.24, 2.45) is 0 Å². The molecule has 0 amide bonds. The van der Waals surface area contributed by atoms with Crippen LogP contribution >= 0.6 is 0 Å². The first-order valence-corrected chi connectivity index (χ1v) is 7.33. The third kappa shape index (κ3) is 5.34. The van der Waals surface area contributed by atoms with Crippen LogP contribution in [0.4, 0.5) is 0 Å². The van der Waals surface area contributed by atoms with Crippen molar-refractivity contribution in [2.75, 3.05) is 39.3 Å². The van der Waals surface area contributed by atoms with E-state index in [4.69, 9.17) is 0 Å². The van der Waals surface area contributed by atoms with Crippen molar-refractivity contribution in [1.82, 2.24) is 21.3 Å². The summed E-state index contributed by atoms with van der Waals surface area (Å²) in [5.74, 6) is 0. The van der Waals surface area contributed by atoms with E-state index < -0.39 is 0 Å². The van der Waals surface area contributed by atoms with Crippen molar-refractivity contribution in [3.05, 3.63) is 0 Å². The third-order valence-corrected chi connectivity index (χ3v) is 3.81. The monoisotopic (exact) mass is 240 g/mol. The van der Waals surface area contributed by atoms with Crippen LogP contribution in [0.2, 0.25) is 0 Å². The fourth-order valence-electron chi connectivity index (χ4n) is 2.75. The molecule has 2 aliphatic rings. The van der Waals surface area contributed by atoms with Gasteiger partial charge in [0.25, 0.3) is 0 Å². The Balaban J connectivity index is 1.33. The Bertz CT molecular complexity index is 166. The molecule has 2 saturated heterocycles. The van der Waals surface area contributed by atoms with Crippen molar-refractivity contribution in [3.8, 4) is 0 Å². The van der Waals surface area contributed by atoms with Crippen molar-refractivity contribution in [3.63, 3.8) is 0 Å². The highest BCUT2D eigenvalue weighted by atomic mass is 15.0. The lowest BCUT2D eigenvalue weighted by Gasteiger charge is -2.13. The molecule has 0 aliphatic carbocycles. The van der Waals surface area contributed by atoms with Gasteiger partial charge in [0.05, 0.1) is 0 Å². The second-order valence-electron chi connectivity index (χ2n) is 5.35. The molecule has 2 rings (SSSR count). The van der Waals surface area contributed by atoms with Crippen LogP contribution in [0.3, 0.4) is 0 Å². The number of hydrogen-bond acceptors (Lipinski definition) is 4. The van der Waals surface area contributed by atoms with Gasteiger partial charge in [-0.2, -0.15) is 0 Å².